The van der Waals surface area contributed by atoms with Gasteiger partial charge in [-0.15, -0.1) is 0 Å². The van der Waals surface area contributed by atoms with Crippen LogP contribution in [0.15, 0.2) is 41.0 Å². The molecule has 0 aliphatic heterocycles. The lowest BCUT2D eigenvalue weighted by atomic mass is 10.1. The van der Waals surface area contributed by atoms with Crippen LogP contribution in [-0.2, 0) is 4.79 Å². The highest BCUT2D eigenvalue weighted by Crippen LogP contribution is 2.39. The minimum atomic E-state index is -1.24. The predicted octanol–water partition coefficient (Wildman–Crippen LogP) is 2.98. The minimum absolute atomic E-state index is 0.0618. The summed E-state index contributed by atoms with van der Waals surface area (Å²) in [7, 11) is 2.92. The number of carbonyl (C=O) groups excluding carboxylic acids is 3. The van der Waals surface area contributed by atoms with Crippen molar-refractivity contribution < 1.29 is 28.3 Å². The summed E-state index contributed by atoms with van der Waals surface area (Å²) in [5.74, 6) is -0.737. The largest absolute Gasteiger partial charge is 0.497 e. The summed E-state index contributed by atoms with van der Waals surface area (Å²) in [5, 5.41) is 2.88. The molecule has 11 nitrogen and oxygen atoms in total. The van der Waals surface area contributed by atoms with E-state index >= 15 is 0 Å². The van der Waals surface area contributed by atoms with E-state index in [1.54, 1.807) is 30.3 Å². The number of nitrogens with one attached hydrogen (secondary N) is 1. The number of benzene rings is 1. The fraction of sp³-hybridized carbons (Fsp3) is 0.333. The van der Waals surface area contributed by atoms with Crippen molar-refractivity contribution in [2.45, 2.75) is 26.3 Å². The molecular weight excluding hydrogens is 486 g/mol. The number of aromatic nitrogens is 1. The summed E-state index contributed by atoms with van der Waals surface area (Å²) in [5.41, 5.74) is 11.3. The summed E-state index contributed by atoms with van der Waals surface area (Å²) in [6.07, 6.45) is 2.14. The van der Waals surface area contributed by atoms with Crippen LogP contribution < -0.4 is 31.2 Å². The van der Waals surface area contributed by atoms with E-state index < -0.39 is 23.8 Å². The molecule has 5 N–H and O–H groups in total. The van der Waals surface area contributed by atoms with Crippen LogP contribution >= 0.6 is 11.5 Å². The van der Waals surface area contributed by atoms with Gasteiger partial charge >= 0.3 is 0 Å². The first kappa shape index (κ1) is 26.5. The van der Waals surface area contributed by atoms with Gasteiger partial charge in [-0.2, -0.15) is 4.37 Å². The fourth-order valence-electron chi connectivity index (χ4n) is 3.49. The van der Waals surface area contributed by atoms with E-state index in [1.807, 2.05) is 13.8 Å². The first-order chi connectivity index (χ1) is 17.2. The maximum atomic E-state index is 14.0. The number of primary amides is 1. The molecule has 3 amide bonds. The number of ether oxygens (including phenoxy) is 2. The molecule has 0 spiro atoms. The molecule has 1 aromatic carbocycles. The average molecular weight is 516 g/mol. The highest BCUT2D eigenvalue weighted by Gasteiger charge is 2.39. The number of furan rings is 1. The lowest BCUT2D eigenvalue weighted by molar-refractivity contribution is -0.122. The standard InChI is InChI=1S/C24H29N5O6S/c1-13(2)9-10-27-23(31)20(16-6-5-11-35-16)29(15-8-7-14(33-3)12-17(15)34-4)24(32)21-18(25)19(22(26)30)28-36-21/h5-8,11-13,20H,9-10,25H2,1-4H3,(H2,26,30)(H,27,31)/t20-/m0/s1. The van der Waals surface area contributed by atoms with E-state index in [2.05, 4.69) is 9.69 Å². The van der Waals surface area contributed by atoms with Crippen molar-refractivity contribution in [1.29, 1.82) is 0 Å². The Kier molecular flexibility index (Phi) is 8.54. The van der Waals surface area contributed by atoms with Crippen LogP contribution in [0.4, 0.5) is 11.4 Å². The smallest absolute Gasteiger partial charge is 0.273 e. The second-order valence-corrected chi connectivity index (χ2v) is 9.02. The lowest BCUT2D eigenvalue weighted by Gasteiger charge is -2.31. The minimum Gasteiger partial charge on any atom is -0.497 e. The molecular formula is C24H29N5O6S. The number of nitrogen functional groups attached to an aromatic ring is 1. The normalized spacial score (nSPS) is 11.7. The molecule has 3 rings (SSSR count). The first-order valence-corrected chi connectivity index (χ1v) is 11.9. The van der Waals surface area contributed by atoms with Gasteiger partial charge in [0.1, 0.15) is 22.1 Å². The Bertz CT molecular complexity index is 1220. The summed E-state index contributed by atoms with van der Waals surface area (Å²) >= 11 is 0.710. The lowest BCUT2D eigenvalue weighted by Crippen LogP contribution is -2.44. The number of anilines is 2. The molecule has 0 saturated carbocycles. The molecule has 3 aromatic rings. The van der Waals surface area contributed by atoms with Crippen LogP contribution in [0.5, 0.6) is 11.5 Å². The summed E-state index contributed by atoms with van der Waals surface area (Å²) in [6.45, 7) is 4.47. The molecule has 0 aliphatic carbocycles. The van der Waals surface area contributed by atoms with Gasteiger partial charge in [-0.25, -0.2) is 0 Å². The van der Waals surface area contributed by atoms with E-state index in [-0.39, 0.29) is 33.5 Å². The molecule has 0 bridgehead atoms. The van der Waals surface area contributed by atoms with Crippen LogP contribution in [0, 0.1) is 5.92 Å². The van der Waals surface area contributed by atoms with Gasteiger partial charge in [-0.05, 0) is 48.1 Å². The molecule has 0 aliphatic rings. The number of carbonyl (C=O) groups is 3. The van der Waals surface area contributed by atoms with E-state index in [0.717, 1.165) is 6.42 Å². The van der Waals surface area contributed by atoms with Gasteiger partial charge in [0.05, 0.1) is 31.9 Å². The van der Waals surface area contributed by atoms with Crippen molar-refractivity contribution in [2.24, 2.45) is 11.7 Å². The van der Waals surface area contributed by atoms with Gasteiger partial charge in [0.25, 0.3) is 17.7 Å². The van der Waals surface area contributed by atoms with Crippen LogP contribution in [0.25, 0.3) is 0 Å². The van der Waals surface area contributed by atoms with Crippen molar-refractivity contribution >= 4 is 40.6 Å². The molecule has 192 valence electrons. The zero-order chi connectivity index (χ0) is 26.4. The number of nitrogens with zero attached hydrogens (tertiary/aromatic N) is 2. The number of hydrogen-bond acceptors (Lipinski definition) is 9. The monoisotopic (exact) mass is 515 g/mol. The van der Waals surface area contributed by atoms with Crippen LogP contribution in [0.3, 0.4) is 0 Å². The Labute approximate surface area is 212 Å². The van der Waals surface area contributed by atoms with E-state index in [1.165, 1.54) is 25.4 Å². The Balaban J connectivity index is 2.19. The van der Waals surface area contributed by atoms with E-state index in [4.69, 9.17) is 25.4 Å². The van der Waals surface area contributed by atoms with Gasteiger partial charge < -0.3 is 30.7 Å². The van der Waals surface area contributed by atoms with Crippen molar-refractivity contribution in [2.75, 3.05) is 31.4 Å². The summed E-state index contributed by atoms with van der Waals surface area (Å²) in [4.78, 5) is 40.4. The highest BCUT2D eigenvalue weighted by atomic mass is 32.1. The number of methoxy groups -OCH3 is 2. The predicted molar refractivity (Wildman–Crippen MR) is 135 cm³/mol. The Morgan fingerprint density at radius 2 is 1.94 bits per heavy atom. The molecule has 2 aromatic heterocycles. The molecule has 36 heavy (non-hydrogen) atoms. The van der Waals surface area contributed by atoms with Gasteiger partial charge in [-0.3, -0.25) is 19.3 Å². The highest BCUT2D eigenvalue weighted by molar-refractivity contribution is 7.09. The Morgan fingerprint density at radius 3 is 2.50 bits per heavy atom. The first-order valence-electron chi connectivity index (χ1n) is 11.1. The number of nitrogens with two attached hydrogens (primary N) is 2. The fourth-order valence-corrected chi connectivity index (χ4v) is 4.23. The quantitative estimate of drug-likeness (QED) is 0.351. The SMILES string of the molecule is COc1ccc(N(C(=O)c2snc(C(N)=O)c2N)[C@H](C(=O)NCCC(C)C)c2ccco2)c(OC)c1. The molecule has 12 heteroatoms. The summed E-state index contributed by atoms with van der Waals surface area (Å²) in [6, 6.07) is 6.76. The molecule has 0 saturated heterocycles. The maximum absolute atomic E-state index is 14.0. The third kappa shape index (κ3) is 5.60. The third-order valence-electron chi connectivity index (χ3n) is 5.36. The number of rotatable bonds is 11. The third-order valence-corrected chi connectivity index (χ3v) is 6.21. The van der Waals surface area contributed by atoms with Crippen molar-refractivity contribution in [3.63, 3.8) is 0 Å². The Hall–Kier alpha value is -4.06. The van der Waals surface area contributed by atoms with Crippen LogP contribution in [0.2, 0.25) is 0 Å². The molecule has 2 heterocycles. The zero-order valence-electron chi connectivity index (χ0n) is 20.4. The second-order valence-electron chi connectivity index (χ2n) is 8.24. The van der Waals surface area contributed by atoms with Crippen molar-refractivity contribution in [1.82, 2.24) is 9.69 Å². The van der Waals surface area contributed by atoms with Crippen molar-refractivity contribution in [3.05, 3.63) is 52.9 Å². The molecule has 1 atom stereocenters. The second kappa shape index (κ2) is 11.6. The Morgan fingerprint density at radius 1 is 1.19 bits per heavy atom. The van der Waals surface area contributed by atoms with E-state index in [0.29, 0.717) is 29.7 Å². The zero-order valence-corrected chi connectivity index (χ0v) is 21.3. The topological polar surface area (TPSA) is 163 Å². The van der Waals surface area contributed by atoms with Gasteiger partial charge in [0, 0.05) is 12.6 Å². The molecule has 0 radical (unpaired) electrons. The number of hydrogen-bond donors (Lipinski definition) is 3. The van der Waals surface area contributed by atoms with Crippen molar-refractivity contribution in [3.8, 4) is 11.5 Å². The number of amides is 3. The van der Waals surface area contributed by atoms with Gasteiger partial charge in [0.2, 0.25) is 0 Å². The van der Waals surface area contributed by atoms with Gasteiger partial charge in [-0.1, -0.05) is 13.8 Å². The van der Waals surface area contributed by atoms with Crippen LogP contribution in [-0.4, -0.2) is 42.9 Å². The average Bonchev–Trinajstić information content (AvgIpc) is 3.51. The molecule has 0 unspecified atom stereocenters. The van der Waals surface area contributed by atoms with E-state index in [9.17, 15) is 14.4 Å². The molecule has 0 fully saturated rings. The maximum Gasteiger partial charge on any atom is 0.273 e. The van der Waals surface area contributed by atoms with Crippen LogP contribution in [0.1, 0.15) is 52.2 Å². The summed E-state index contributed by atoms with van der Waals surface area (Å²) < 4.78 is 20.3. The van der Waals surface area contributed by atoms with Gasteiger partial charge in [0.15, 0.2) is 11.7 Å².